The maximum absolute atomic E-state index is 10.7. The molecule has 78 valence electrons. The second-order valence-electron chi connectivity index (χ2n) is 3.16. The van der Waals surface area contributed by atoms with Crippen LogP contribution in [-0.2, 0) is 14.3 Å². The van der Waals surface area contributed by atoms with Gasteiger partial charge in [-0.25, -0.2) is 0 Å². The van der Waals surface area contributed by atoms with Gasteiger partial charge >= 0.3 is 11.8 Å². The molecular formula is C8H13N3O3. The molecule has 0 aromatic carbocycles. The molecule has 6 nitrogen and oxygen atoms in total. The fraction of sp³-hybridized carbons (Fsp3) is 0.625. The van der Waals surface area contributed by atoms with Gasteiger partial charge in [-0.3, -0.25) is 25.2 Å². The molecule has 0 aliphatic carbocycles. The van der Waals surface area contributed by atoms with E-state index in [1.54, 1.807) is 7.11 Å². The average molecular weight is 199 g/mol. The first-order valence-electron chi connectivity index (χ1n) is 4.29. The lowest BCUT2D eigenvalue weighted by Gasteiger charge is -2.06. The summed E-state index contributed by atoms with van der Waals surface area (Å²) in [7, 11) is 1.61. The maximum Gasteiger partial charge on any atom is 0.316 e. The van der Waals surface area contributed by atoms with Gasteiger partial charge < -0.3 is 4.74 Å². The van der Waals surface area contributed by atoms with Gasteiger partial charge in [0.1, 0.15) is 0 Å². The van der Waals surface area contributed by atoms with Crippen LogP contribution in [0.5, 0.6) is 0 Å². The minimum atomic E-state index is -0.664. The molecular weight excluding hydrogens is 186 g/mol. The number of methoxy groups -OCH3 is 1. The Labute approximate surface area is 81.7 Å². The van der Waals surface area contributed by atoms with Crippen LogP contribution in [0.2, 0.25) is 0 Å². The minimum Gasteiger partial charge on any atom is -0.384 e. The molecule has 1 atom stereocenters. The molecule has 1 fully saturated rings. The number of rotatable bonds is 4. The summed E-state index contributed by atoms with van der Waals surface area (Å²) < 4.78 is 4.92. The number of ether oxygens (including phenoxy) is 1. The average Bonchev–Trinajstić information content (AvgIpc) is 2.44. The number of amides is 2. The lowest BCUT2D eigenvalue weighted by Crippen LogP contribution is -2.26. The van der Waals surface area contributed by atoms with Gasteiger partial charge in [0.15, 0.2) is 0 Å². The molecule has 1 rings (SSSR count). The molecule has 0 radical (unpaired) electrons. The summed E-state index contributed by atoms with van der Waals surface area (Å²) in [6.45, 7) is 3.06. The van der Waals surface area contributed by atoms with Crippen molar-refractivity contribution in [1.82, 2.24) is 10.6 Å². The van der Waals surface area contributed by atoms with Gasteiger partial charge in [0.05, 0.1) is 6.61 Å². The molecule has 1 unspecified atom stereocenters. The van der Waals surface area contributed by atoms with Crippen molar-refractivity contribution < 1.29 is 14.3 Å². The smallest absolute Gasteiger partial charge is 0.316 e. The van der Waals surface area contributed by atoms with Gasteiger partial charge in [-0.15, -0.1) is 0 Å². The molecule has 1 saturated heterocycles. The van der Waals surface area contributed by atoms with Crippen LogP contribution in [-0.4, -0.2) is 38.0 Å². The highest BCUT2D eigenvalue weighted by Crippen LogP contribution is 1.96. The van der Waals surface area contributed by atoms with E-state index in [2.05, 4.69) is 15.6 Å². The van der Waals surface area contributed by atoms with Crippen LogP contribution in [0.1, 0.15) is 6.92 Å². The fourth-order valence-corrected chi connectivity index (χ4v) is 1.02. The van der Waals surface area contributed by atoms with Crippen molar-refractivity contribution in [3.63, 3.8) is 0 Å². The van der Waals surface area contributed by atoms with Gasteiger partial charge in [0, 0.05) is 13.7 Å². The van der Waals surface area contributed by atoms with Crippen LogP contribution in [0.3, 0.4) is 0 Å². The van der Waals surface area contributed by atoms with E-state index < -0.39 is 11.8 Å². The summed E-state index contributed by atoms with van der Waals surface area (Å²) in [6, 6.07) is 0. The van der Waals surface area contributed by atoms with Gasteiger partial charge in [-0.2, -0.15) is 0 Å². The van der Waals surface area contributed by atoms with Crippen LogP contribution in [0.15, 0.2) is 4.99 Å². The summed E-state index contributed by atoms with van der Waals surface area (Å²) in [5.74, 6) is -0.851. The zero-order valence-corrected chi connectivity index (χ0v) is 8.16. The predicted octanol–water partition coefficient (Wildman–Crippen LogP) is -1.13. The number of aliphatic imine (C=N–C) groups is 1. The summed E-state index contributed by atoms with van der Waals surface area (Å²) in [5.41, 5.74) is 0. The van der Waals surface area contributed by atoms with E-state index >= 15 is 0 Å². The van der Waals surface area contributed by atoms with Crippen molar-refractivity contribution in [1.29, 1.82) is 0 Å². The summed E-state index contributed by atoms with van der Waals surface area (Å²) >= 11 is 0. The Balaban J connectivity index is 2.39. The topological polar surface area (TPSA) is 79.8 Å². The van der Waals surface area contributed by atoms with Crippen molar-refractivity contribution in [3.05, 3.63) is 0 Å². The molecule has 14 heavy (non-hydrogen) atoms. The largest absolute Gasteiger partial charge is 0.384 e. The quantitative estimate of drug-likeness (QED) is 0.562. The van der Waals surface area contributed by atoms with Crippen LogP contribution >= 0.6 is 0 Å². The molecule has 0 spiro atoms. The standard InChI is InChI=1S/C8H13N3O3/c1-5(4-14-2)3-9-8-10-6(12)7(13)11-8/h5H,3-4H2,1-2H3,(H2,9,10,11,12,13). The Morgan fingerprint density at radius 2 is 1.93 bits per heavy atom. The van der Waals surface area contributed by atoms with Crippen LogP contribution in [0.25, 0.3) is 0 Å². The molecule has 2 amide bonds. The van der Waals surface area contributed by atoms with Gasteiger partial charge in [-0.1, -0.05) is 6.92 Å². The van der Waals surface area contributed by atoms with Crippen LogP contribution < -0.4 is 10.6 Å². The van der Waals surface area contributed by atoms with E-state index in [1.165, 1.54) is 0 Å². The van der Waals surface area contributed by atoms with E-state index in [0.29, 0.717) is 13.2 Å². The highest BCUT2D eigenvalue weighted by Gasteiger charge is 2.24. The van der Waals surface area contributed by atoms with E-state index in [0.717, 1.165) is 0 Å². The first kappa shape index (κ1) is 10.6. The SMILES string of the molecule is COCC(C)CN=C1NC(=O)C(=O)N1. The van der Waals surface area contributed by atoms with E-state index in [1.807, 2.05) is 6.92 Å². The third-order valence-electron chi connectivity index (χ3n) is 1.68. The Morgan fingerprint density at radius 1 is 1.36 bits per heavy atom. The van der Waals surface area contributed by atoms with Crippen molar-refractivity contribution >= 4 is 17.8 Å². The second-order valence-corrected chi connectivity index (χ2v) is 3.16. The van der Waals surface area contributed by atoms with E-state index in [-0.39, 0.29) is 11.9 Å². The highest BCUT2D eigenvalue weighted by molar-refractivity contribution is 6.45. The molecule has 1 heterocycles. The maximum atomic E-state index is 10.7. The number of carbonyl (C=O) groups excluding carboxylic acids is 2. The van der Waals surface area contributed by atoms with Crippen LogP contribution in [0, 0.1) is 5.92 Å². The number of nitrogens with zero attached hydrogens (tertiary/aromatic N) is 1. The summed E-state index contributed by atoms with van der Waals surface area (Å²) in [4.78, 5) is 25.5. The number of nitrogens with one attached hydrogen (secondary N) is 2. The fourth-order valence-electron chi connectivity index (χ4n) is 1.02. The number of hydrogen-bond donors (Lipinski definition) is 2. The van der Waals surface area contributed by atoms with Gasteiger partial charge in [0.25, 0.3) is 0 Å². The van der Waals surface area contributed by atoms with Gasteiger partial charge in [0.2, 0.25) is 5.96 Å². The van der Waals surface area contributed by atoms with Crippen molar-refractivity contribution in [3.8, 4) is 0 Å². The molecule has 1 aliphatic heterocycles. The molecule has 1 aliphatic rings. The van der Waals surface area contributed by atoms with Crippen LogP contribution in [0.4, 0.5) is 0 Å². The normalized spacial score (nSPS) is 17.7. The molecule has 0 aromatic rings. The third-order valence-corrected chi connectivity index (χ3v) is 1.68. The molecule has 0 aromatic heterocycles. The molecule has 0 bridgehead atoms. The predicted molar refractivity (Wildman–Crippen MR) is 49.6 cm³/mol. The lowest BCUT2D eigenvalue weighted by molar-refractivity contribution is -0.135. The number of carbonyl (C=O) groups is 2. The molecule has 6 heteroatoms. The zero-order chi connectivity index (χ0) is 10.6. The molecule has 2 N–H and O–H groups in total. The van der Waals surface area contributed by atoms with Crippen molar-refractivity contribution in [2.75, 3.05) is 20.3 Å². The number of hydrogen-bond acceptors (Lipinski definition) is 4. The Morgan fingerprint density at radius 3 is 2.43 bits per heavy atom. The summed E-state index contributed by atoms with van der Waals surface area (Å²) in [6.07, 6.45) is 0. The number of guanidine groups is 1. The minimum absolute atomic E-state index is 0.225. The molecule has 0 saturated carbocycles. The monoisotopic (exact) mass is 199 g/mol. The first-order chi connectivity index (χ1) is 6.63. The van der Waals surface area contributed by atoms with Gasteiger partial charge in [-0.05, 0) is 5.92 Å². The first-order valence-corrected chi connectivity index (χ1v) is 4.29. The van der Waals surface area contributed by atoms with Crippen molar-refractivity contribution in [2.24, 2.45) is 10.9 Å². The Kier molecular flexibility index (Phi) is 3.58. The third kappa shape index (κ3) is 2.81. The van der Waals surface area contributed by atoms with E-state index in [4.69, 9.17) is 4.74 Å². The Bertz CT molecular complexity index is 257. The Hall–Kier alpha value is -1.43. The van der Waals surface area contributed by atoms with Crippen molar-refractivity contribution in [2.45, 2.75) is 6.92 Å². The highest BCUT2D eigenvalue weighted by atomic mass is 16.5. The second kappa shape index (κ2) is 4.71. The zero-order valence-electron chi connectivity index (χ0n) is 8.16. The summed E-state index contributed by atoms with van der Waals surface area (Å²) in [5, 5.41) is 4.62. The lowest BCUT2D eigenvalue weighted by atomic mass is 10.2. The van der Waals surface area contributed by atoms with E-state index in [9.17, 15) is 9.59 Å².